The maximum Gasteiger partial charge on any atom is 0.322 e. The van der Waals surface area contributed by atoms with Gasteiger partial charge in [-0.1, -0.05) is 18.2 Å². The van der Waals surface area contributed by atoms with Crippen LogP contribution in [0.5, 0.6) is 0 Å². The molecule has 1 atom stereocenters. The first-order valence-corrected chi connectivity index (χ1v) is 8.67. The molecule has 1 aliphatic rings. The number of rotatable bonds is 6. The van der Waals surface area contributed by atoms with Crippen molar-refractivity contribution in [3.05, 3.63) is 30.3 Å². The summed E-state index contributed by atoms with van der Waals surface area (Å²) in [5.74, 6) is -0.307. The Morgan fingerprint density at radius 2 is 1.92 bits per heavy atom. The molecule has 136 valence electrons. The Bertz CT molecular complexity index is 604. The first-order chi connectivity index (χ1) is 12.0. The van der Waals surface area contributed by atoms with E-state index in [1.807, 2.05) is 32.0 Å². The van der Waals surface area contributed by atoms with Gasteiger partial charge in [-0.25, -0.2) is 4.79 Å². The maximum absolute atomic E-state index is 12.4. The molecule has 1 aromatic carbocycles. The second kappa shape index (κ2) is 9.05. The lowest BCUT2D eigenvalue weighted by molar-refractivity contribution is -0.125. The van der Waals surface area contributed by atoms with Crippen LogP contribution in [0.25, 0.3) is 0 Å². The highest BCUT2D eigenvalue weighted by molar-refractivity contribution is 5.94. The summed E-state index contributed by atoms with van der Waals surface area (Å²) in [5.41, 5.74) is 0.698. The molecule has 1 aliphatic heterocycles. The van der Waals surface area contributed by atoms with E-state index in [1.54, 1.807) is 17.0 Å². The summed E-state index contributed by atoms with van der Waals surface area (Å²) in [6, 6.07) is 8.47. The molecule has 1 fully saturated rings. The molecule has 1 heterocycles. The van der Waals surface area contributed by atoms with Gasteiger partial charge in [0.1, 0.15) is 6.04 Å². The number of urea groups is 1. The standard InChI is InChI=1S/C18H26N4O3/c1-13(2)20-16(23)10-11-19-17(24)15-9-6-12-22(15)18(25)21-14-7-4-3-5-8-14/h3-5,7-8,13,15H,6,9-12H2,1-2H3,(H,19,24)(H,20,23)(H,21,25). The molecule has 7 nitrogen and oxygen atoms in total. The van der Waals surface area contributed by atoms with E-state index in [2.05, 4.69) is 16.0 Å². The highest BCUT2D eigenvalue weighted by Crippen LogP contribution is 2.19. The summed E-state index contributed by atoms with van der Waals surface area (Å²) in [6.07, 6.45) is 1.65. The fourth-order valence-corrected chi connectivity index (χ4v) is 2.81. The molecule has 4 amide bonds. The van der Waals surface area contributed by atoms with Crippen LogP contribution in [0.1, 0.15) is 33.1 Å². The molecule has 7 heteroatoms. The summed E-state index contributed by atoms with van der Waals surface area (Å²) in [4.78, 5) is 37.9. The van der Waals surface area contributed by atoms with Crippen LogP contribution in [-0.4, -0.2) is 47.9 Å². The topological polar surface area (TPSA) is 90.5 Å². The lowest BCUT2D eigenvalue weighted by Crippen LogP contribution is -2.48. The van der Waals surface area contributed by atoms with Crippen molar-refractivity contribution in [2.75, 3.05) is 18.4 Å². The molecule has 25 heavy (non-hydrogen) atoms. The van der Waals surface area contributed by atoms with Gasteiger partial charge in [-0.05, 0) is 38.8 Å². The number of carbonyl (C=O) groups is 3. The van der Waals surface area contributed by atoms with E-state index in [0.29, 0.717) is 18.7 Å². The molecule has 3 N–H and O–H groups in total. The molecule has 0 radical (unpaired) electrons. The first kappa shape index (κ1) is 18.8. The van der Waals surface area contributed by atoms with Crippen LogP contribution in [0.4, 0.5) is 10.5 Å². The Kier molecular flexibility index (Phi) is 6.80. The van der Waals surface area contributed by atoms with Crippen LogP contribution in [-0.2, 0) is 9.59 Å². The lowest BCUT2D eigenvalue weighted by atomic mass is 10.2. The van der Waals surface area contributed by atoms with Crippen molar-refractivity contribution in [3.63, 3.8) is 0 Å². The van der Waals surface area contributed by atoms with E-state index in [1.165, 1.54) is 0 Å². The smallest absolute Gasteiger partial charge is 0.322 e. The average Bonchev–Trinajstić information content (AvgIpc) is 3.04. The zero-order valence-corrected chi connectivity index (χ0v) is 14.7. The number of carbonyl (C=O) groups excluding carboxylic acids is 3. The van der Waals surface area contributed by atoms with Crippen molar-refractivity contribution >= 4 is 23.5 Å². The molecule has 1 unspecified atom stereocenters. The summed E-state index contributed by atoms with van der Waals surface area (Å²) in [6.45, 7) is 4.59. The van der Waals surface area contributed by atoms with Gasteiger partial charge in [0.15, 0.2) is 0 Å². The third-order valence-electron chi connectivity index (χ3n) is 3.94. The summed E-state index contributed by atoms with van der Waals surface area (Å²) < 4.78 is 0. The van der Waals surface area contributed by atoms with Crippen LogP contribution >= 0.6 is 0 Å². The van der Waals surface area contributed by atoms with Crippen molar-refractivity contribution in [2.24, 2.45) is 0 Å². The quantitative estimate of drug-likeness (QED) is 0.732. The monoisotopic (exact) mass is 346 g/mol. The second-order valence-electron chi connectivity index (χ2n) is 6.41. The molecule has 1 saturated heterocycles. The summed E-state index contributed by atoms with van der Waals surface area (Å²) in [5, 5.41) is 8.34. The van der Waals surface area contributed by atoms with Gasteiger partial charge in [0.05, 0.1) is 0 Å². The number of likely N-dealkylation sites (tertiary alicyclic amines) is 1. The number of hydrogen-bond donors (Lipinski definition) is 3. The largest absolute Gasteiger partial charge is 0.354 e. The molecule has 0 spiro atoms. The third kappa shape index (κ3) is 5.77. The maximum atomic E-state index is 12.4. The fraction of sp³-hybridized carbons (Fsp3) is 0.500. The Morgan fingerprint density at radius 1 is 1.20 bits per heavy atom. The first-order valence-electron chi connectivity index (χ1n) is 8.67. The number of hydrogen-bond acceptors (Lipinski definition) is 3. The van der Waals surface area contributed by atoms with Gasteiger partial charge in [-0.3, -0.25) is 9.59 Å². The van der Waals surface area contributed by atoms with E-state index < -0.39 is 6.04 Å². The number of nitrogens with zero attached hydrogens (tertiary/aromatic N) is 1. The zero-order chi connectivity index (χ0) is 18.2. The number of nitrogens with one attached hydrogen (secondary N) is 3. The minimum atomic E-state index is -0.489. The van der Waals surface area contributed by atoms with Gasteiger partial charge in [0.2, 0.25) is 11.8 Å². The Morgan fingerprint density at radius 3 is 2.60 bits per heavy atom. The van der Waals surface area contributed by atoms with Crippen molar-refractivity contribution < 1.29 is 14.4 Å². The molecule has 0 bridgehead atoms. The molecule has 0 aliphatic carbocycles. The molecule has 2 rings (SSSR count). The van der Waals surface area contributed by atoms with Crippen molar-refractivity contribution in [1.82, 2.24) is 15.5 Å². The SMILES string of the molecule is CC(C)NC(=O)CCNC(=O)C1CCCN1C(=O)Nc1ccccc1. The predicted molar refractivity (Wildman–Crippen MR) is 96.1 cm³/mol. The Labute approximate surface area is 148 Å². The minimum absolute atomic E-state index is 0.0789. The number of para-hydroxylation sites is 1. The van der Waals surface area contributed by atoms with Crippen LogP contribution < -0.4 is 16.0 Å². The van der Waals surface area contributed by atoms with Crippen LogP contribution in [0.2, 0.25) is 0 Å². The Balaban J connectivity index is 1.82. The van der Waals surface area contributed by atoms with Crippen molar-refractivity contribution in [1.29, 1.82) is 0 Å². The molecule has 0 aromatic heterocycles. The number of amides is 4. The van der Waals surface area contributed by atoms with E-state index in [9.17, 15) is 14.4 Å². The Hall–Kier alpha value is -2.57. The lowest BCUT2D eigenvalue weighted by Gasteiger charge is -2.24. The van der Waals surface area contributed by atoms with Gasteiger partial charge < -0.3 is 20.9 Å². The predicted octanol–water partition coefficient (Wildman–Crippen LogP) is 1.71. The van der Waals surface area contributed by atoms with E-state index in [-0.39, 0.29) is 36.9 Å². The molecular weight excluding hydrogens is 320 g/mol. The van der Waals surface area contributed by atoms with Gasteiger partial charge in [0.25, 0.3) is 0 Å². The number of anilines is 1. The number of benzene rings is 1. The molecule has 0 saturated carbocycles. The van der Waals surface area contributed by atoms with Gasteiger partial charge in [0, 0.05) is 31.2 Å². The van der Waals surface area contributed by atoms with Crippen LogP contribution in [0.3, 0.4) is 0 Å². The highest BCUT2D eigenvalue weighted by atomic mass is 16.2. The van der Waals surface area contributed by atoms with Crippen LogP contribution in [0.15, 0.2) is 30.3 Å². The van der Waals surface area contributed by atoms with E-state index in [4.69, 9.17) is 0 Å². The van der Waals surface area contributed by atoms with Crippen LogP contribution in [0, 0.1) is 0 Å². The molecule has 1 aromatic rings. The molecular formula is C18H26N4O3. The average molecular weight is 346 g/mol. The fourth-order valence-electron chi connectivity index (χ4n) is 2.81. The highest BCUT2D eigenvalue weighted by Gasteiger charge is 2.34. The summed E-state index contributed by atoms with van der Waals surface area (Å²) in [7, 11) is 0. The van der Waals surface area contributed by atoms with Crippen molar-refractivity contribution in [2.45, 2.75) is 45.2 Å². The summed E-state index contributed by atoms with van der Waals surface area (Å²) >= 11 is 0. The van der Waals surface area contributed by atoms with Gasteiger partial charge in [-0.15, -0.1) is 0 Å². The normalized spacial score (nSPS) is 16.6. The third-order valence-corrected chi connectivity index (χ3v) is 3.94. The minimum Gasteiger partial charge on any atom is -0.354 e. The van der Waals surface area contributed by atoms with E-state index in [0.717, 1.165) is 6.42 Å². The van der Waals surface area contributed by atoms with Gasteiger partial charge in [-0.2, -0.15) is 0 Å². The van der Waals surface area contributed by atoms with Gasteiger partial charge >= 0.3 is 6.03 Å². The van der Waals surface area contributed by atoms with E-state index >= 15 is 0 Å². The second-order valence-corrected chi connectivity index (χ2v) is 6.41. The zero-order valence-electron chi connectivity index (χ0n) is 14.7. The van der Waals surface area contributed by atoms with Crippen molar-refractivity contribution in [3.8, 4) is 0 Å².